The Morgan fingerprint density at radius 3 is 2.44 bits per heavy atom. The van der Waals surface area contributed by atoms with Crippen molar-refractivity contribution in [3.05, 3.63) is 11.6 Å². The van der Waals surface area contributed by atoms with Gasteiger partial charge in [-0.15, -0.1) is 0 Å². The molecule has 0 amide bonds. The van der Waals surface area contributed by atoms with E-state index in [0.29, 0.717) is 6.04 Å². The second kappa shape index (κ2) is 5.80. The Morgan fingerprint density at radius 2 is 1.94 bits per heavy atom. The van der Waals surface area contributed by atoms with E-state index >= 15 is 0 Å². The van der Waals surface area contributed by atoms with E-state index in [1.807, 2.05) is 0 Å². The van der Waals surface area contributed by atoms with Crippen LogP contribution in [0.1, 0.15) is 26.7 Å². The fourth-order valence-electron chi connectivity index (χ4n) is 2.26. The molecule has 2 aliphatic heterocycles. The van der Waals surface area contributed by atoms with Gasteiger partial charge in [0.2, 0.25) is 0 Å². The molecule has 2 aliphatic rings. The van der Waals surface area contributed by atoms with Gasteiger partial charge in [-0.25, -0.2) is 0 Å². The molecule has 0 aliphatic carbocycles. The van der Waals surface area contributed by atoms with Crippen LogP contribution >= 0.6 is 0 Å². The third-order valence-corrected chi connectivity index (χ3v) is 3.45. The molecular weight excluding hydrogens is 200 g/mol. The molecule has 0 bridgehead atoms. The van der Waals surface area contributed by atoms with Crippen molar-refractivity contribution in [3.63, 3.8) is 0 Å². The minimum atomic E-state index is 0.634. The number of hydrogen-bond donors (Lipinski definition) is 1. The summed E-state index contributed by atoms with van der Waals surface area (Å²) in [6, 6.07) is 1.35. The lowest BCUT2D eigenvalue weighted by molar-refractivity contribution is -0.0133. The van der Waals surface area contributed by atoms with E-state index in [-0.39, 0.29) is 0 Å². The van der Waals surface area contributed by atoms with E-state index in [2.05, 4.69) is 30.1 Å². The third kappa shape index (κ3) is 3.58. The normalized spacial score (nSPS) is 24.1. The van der Waals surface area contributed by atoms with Crippen LogP contribution in [0.3, 0.4) is 0 Å². The number of ether oxygens (including phenoxy) is 1. The number of likely N-dealkylation sites (tertiary alicyclic amines) is 1. The zero-order chi connectivity index (χ0) is 11.4. The van der Waals surface area contributed by atoms with Gasteiger partial charge in [-0.2, -0.15) is 0 Å². The number of nitrogens with one attached hydrogen (secondary N) is 1. The largest absolute Gasteiger partial charge is 0.378 e. The minimum Gasteiger partial charge on any atom is -0.378 e. The molecule has 2 fully saturated rings. The summed E-state index contributed by atoms with van der Waals surface area (Å²) in [5, 5.41) is 3.67. The van der Waals surface area contributed by atoms with Gasteiger partial charge in [-0.1, -0.05) is 11.6 Å². The van der Waals surface area contributed by atoms with Crippen LogP contribution < -0.4 is 5.32 Å². The summed E-state index contributed by atoms with van der Waals surface area (Å²) in [4.78, 5) is 2.54. The van der Waals surface area contributed by atoms with Gasteiger partial charge < -0.3 is 10.1 Å². The first-order valence-electron chi connectivity index (χ1n) is 6.43. The maximum absolute atomic E-state index is 5.18. The Labute approximate surface area is 98.8 Å². The summed E-state index contributed by atoms with van der Waals surface area (Å²) in [7, 11) is 0. The molecular formula is C13H24N2O. The van der Waals surface area contributed by atoms with Crippen molar-refractivity contribution in [2.75, 3.05) is 32.8 Å². The van der Waals surface area contributed by atoms with Gasteiger partial charge in [-0.3, -0.25) is 4.90 Å². The molecule has 16 heavy (non-hydrogen) atoms. The van der Waals surface area contributed by atoms with E-state index in [1.54, 1.807) is 0 Å². The van der Waals surface area contributed by atoms with Crippen LogP contribution in [0.25, 0.3) is 0 Å². The predicted molar refractivity (Wildman–Crippen MR) is 66.6 cm³/mol. The molecule has 92 valence electrons. The Balaban J connectivity index is 1.63. The van der Waals surface area contributed by atoms with Gasteiger partial charge in [0.15, 0.2) is 0 Å². The second-order valence-electron chi connectivity index (χ2n) is 5.26. The van der Waals surface area contributed by atoms with Gasteiger partial charge in [-0.05, 0) is 39.8 Å². The van der Waals surface area contributed by atoms with Gasteiger partial charge in [0.05, 0.1) is 19.3 Å². The lowest BCUT2D eigenvalue weighted by atomic mass is 10.0. The van der Waals surface area contributed by atoms with Crippen LogP contribution in [0.4, 0.5) is 0 Å². The molecule has 3 nitrogen and oxygen atoms in total. The summed E-state index contributed by atoms with van der Waals surface area (Å²) < 4.78 is 5.18. The van der Waals surface area contributed by atoms with Crippen molar-refractivity contribution in [2.24, 2.45) is 0 Å². The number of piperidine rings is 1. The number of hydrogen-bond acceptors (Lipinski definition) is 3. The molecule has 0 aromatic carbocycles. The van der Waals surface area contributed by atoms with Crippen molar-refractivity contribution in [2.45, 2.75) is 38.8 Å². The Morgan fingerprint density at radius 1 is 1.25 bits per heavy atom. The van der Waals surface area contributed by atoms with Crippen molar-refractivity contribution >= 4 is 0 Å². The van der Waals surface area contributed by atoms with Crippen LogP contribution in [0.2, 0.25) is 0 Å². The van der Waals surface area contributed by atoms with E-state index in [4.69, 9.17) is 4.74 Å². The van der Waals surface area contributed by atoms with Crippen molar-refractivity contribution < 1.29 is 4.74 Å². The second-order valence-corrected chi connectivity index (χ2v) is 5.26. The third-order valence-electron chi connectivity index (χ3n) is 3.45. The molecule has 2 rings (SSSR count). The molecule has 0 unspecified atom stereocenters. The van der Waals surface area contributed by atoms with Crippen molar-refractivity contribution in [1.82, 2.24) is 10.2 Å². The maximum atomic E-state index is 5.18. The first-order chi connectivity index (χ1) is 7.74. The minimum absolute atomic E-state index is 0.634. The Kier molecular flexibility index (Phi) is 4.38. The molecule has 0 aromatic rings. The van der Waals surface area contributed by atoms with E-state index in [0.717, 1.165) is 25.8 Å². The molecule has 0 spiro atoms. The van der Waals surface area contributed by atoms with Crippen LogP contribution in [0, 0.1) is 0 Å². The van der Waals surface area contributed by atoms with Crippen molar-refractivity contribution in [3.8, 4) is 0 Å². The zero-order valence-electron chi connectivity index (χ0n) is 10.5. The molecule has 0 atom stereocenters. The average Bonchev–Trinajstić information content (AvgIpc) is 2.22. The summed E-state index contributed by atoms with van der Waals surface area (Å²) in [6.07, 6.45) is 4.90. The Hall–Kier alpha value is -0.380. The summed E-state index contributed by atoms with van der Waals surface area (Å²) >= 11 is 0. The van der Waals surface area contributed by atoms with Gasteiger partial charge in [0.1, 0.15) is 0 Å². The van der Waals surface area contributed by atoms with Crippen LogP contribution in [0.5, 0.6) is 0 Å². The van der Waals surface area contributed by atoms with E-state index in [9.17, 15) is 0 Å². The van der Waals surface area contributed by atoms with Crippen LogP contribution in [-0.2, 0) is 4.74 Å². The van der Waals surface area contributed by atoms with Gasteiger partial charge in [0.25, 0.3) is 0 Å². The fourth-order valence-corrected chi connectivity index (χ4v) is 2.26. The topological polar surface area (TPSA) is 24.5 Å². The predicted octanol–water partition coefficient (Wildman–Crippen LogP) is 1.41. The summed E-state index contributed by atoms with van der Waals surface area (Å²) in [5.41, 5.74) is 1.42. The summed E-state index contributed by atoms with van der Waals surface area (Å²) in [5.74, 6) is 0. The highest BCUT2D eigenvalue weighted by atomic mass is 16.5. The van der Waals surface area contributed by atoms with Crippen LogP contribution in [-0.4, -0.2) is 49.8 Å². The molecule has 1 N–H and O–H groups in total. The molecule has 0 saturated carbocycles. The monoisotopic (exact) mass is 224 g/mol. The first kappa shape index (κ1) is 12.1. The number of rotatable bonds is 4. The molecule has 0 radical (unpaired) electrons. The SMILES string of the molecule is CC(C)=CCN1CCC(NC2COC2)CC1. The zero-order valence-corrected chi connectivity index (χ0v) is 10.5. The first-order valence-corrected chi connectivity index (χ1v) is 6.43. The highest BCUT2D eigenvalue weighted by Gasteiger charge is 2.24. The quantitative estimate of drug-likeness (QED) is 0.731. The average molecular weight is 224 g/mol. The van der Waals surface area contributed by atoms with E-state index in [1.165, 1.54) is 31.5 Å². The fraction of sp³-hybridized carbons (Fsp3) is 0.846. The standard InChI is InChI=1S/C13H24N2O/c1-11(2)3-6-15-7-4-12(5-8-15)14-13-9-16-10-13/h3,12-14H,4-10H2,1-2H3. The van der Waals surface area contributed by atoms with Gasteiger partial charge in [0, 0.05) is 12.6 Å². The molecule has 3 heteroatoms. The summed E-state index contributed by atoms with van der Waals surface area (Å²) in [6.45, 7) is 9.76. The van der Waals surface area contributed by atoms with Crippen LogP contribution in [0.15, 0.2) is 11.6 Å². The smallest absolute Gasteiger partial charge is 0.0643 e. The number of nitrogens with zero attached hydrogens (tertiary/aromatic N) is 1. The lowest BCUT2D eigenvalue weighted by Gasteiger charge is -2.36. The van der Waals surface area contributed by atoms with Crippen molar-refractivity contribution in [1.29, 1.82) is 0 Å². The molecule has 2 heterocycles. The van der Waals surface area contributed by atoms with Gasteiger partial charge >= 0.3 is 0 Å². The van der Waals surface area contributed by atoms with E-state index < -0.39 is 0 Å². The molecule has 0 aromatic heterocycles. The highest BCUT2D eigenvalue weighted by molar-refractivity contribution is 4.96. The Bertz CT molecular complexity index is 236. The highest BCUT2D eigenvalue weighted by Crippen LogP contribution is 2.13. The maximum Gasteiger partial charge on any atom is 0.0643 e. The molecule has 2 saturated heterocycles. The number of allylic oxidation sites excluding steroid dienone is 1. The lowest BCUT2D eigenvalue weighted by Crippen LogP contribution is -2.53.